The van der Waals surface area contributed by atoms with Crippen LogP contribution in [-0.4, -0.2) is 33.4 Å². The van der Waals surface area contributed by atoms with Crippen LogP contribution in [0, 0.1) is 0 Å². The van der Waals surface area contributed by atoms with E-state index in [9.17, 15) is 5.11 Å². The first-order valence-electron chi connectivity index (χ1n) is 7.39. The third-order valence-corrected chi connectivity index (χ3v) is 4.45. The number of aliphatic hydroxyl groups excluding tert-OH is 1. The summed E-state index contributed by atoms with van der Waals surface area (Å²) in [6.07, 6.45) is 1.35. The fourth-order valence-electron chi connectivity index (χ4n) is 2.75. The maximum absolute atomic E-state index is 9.29. The SMILES string of the molecule is CC(C)Nc1nc2cc(Cl)c(Cl)cc2n1C1CCC(CO)O1. The number of halogens is 2. The topological polar surface area (TPSA) is 59.3 Å². The summed E-state index contributed by atoms with van der Waals surface area (Å²) in [5.41, 5.74) is 1.65. The Morgan fingerprint density at radius 3 is 2.73 bits per heavy atom. The standard InChI is InChI=1S/C15H19Cl2N3O2/c1-8(2)18-15-19-12-5-10(16)11(17)6-13(12)20(15)14-4-3-9(7-21)22-14/h5-6,8-9,14,21H,3-4,7H2,1-2H3,(H,18,19). The third kappa shape index (κ3) is 2.91. The number of anilines is 1. The molecule has 1 saturated heterocycles. The minimum atomic E-state index is -0.166. The number of imidazole rings is 1. The summed E-state index contributed by atoms with van der Waals surface area (Å²) in [6, 6.07) is 3.81. The van der Waals surface area contributed by atoms with E-state index >= 15 is 0 Å². The van der Waals surface area contributed by atoms with Crippen LogP contribution in [0.2, 0.25) is 10.0 Å². The molecular formula is C15H19Cl2N3O2. The van der Waals surface area contributed by atoms with E-state index in [2.05, 4.69) is 24.1 Å². The number of nitrogens with zero attached hydrogens (tertiary/aromatic N) is 2. The fraction of sp³-hybridized carbons (Fsp3) is 0.533. The number of rotatable bonds is 4. The molecule has 0 saturated carbocycles. The lowest BCUT2D eigenvalue weighted by atomic mass is 10.2. The van der Waals surface area contributed by atoms with Gasteiger partial charge in [0, 0.05) is 6.04 Å². The van der Waals surface area contributed by atoms with Gasteiger partial charge >= 0.3 is 0 Å². The number of aliphatic hydroxyl groups is 1. The van der Waals surface area contributed by atoms with Gasteiger partial charge in [0.1, 0.15) is 6.23 Å². The fourth-order valence-corrected chi connectivity index (χ4v) is 3.07. The van der Waals surface area contributed by atoms with Crippen LogP contribution in [-0.2, 0) is 4.74 Å². The minimum Gasteiger partial charge on any atom is -0.394 e. The first-order valence-corrected chi connectivity index (χ1v) is 8.15. The van der Waals surface area contributed by atoms with Gasteiger partial charge in [-0.25, -0.2) is 4.98 Å². The molecule has 2 aromatic rings. The molecule has 1 aliphatic heterocycles. The Kier molecular flexibility index (Phi) is 4.50. The van der Waals surface area contributed by atoms with Crippen LogP contribution in [0.1, 0.15) is 32.9 Å². The Hall–Kier alpha value is -1.01. The van der Waals surface area contributed by atoms with Gasteiger partial charge in [-0.3, -0.25) is 4.57 Å². The Bertz CT molecular complexity index is 687. The summed E-state index contributed by atoms with van der Waals surface area (Å²) in [5, 5.41) is 13.6. The highest BCUT2D eigenvalue weighted by Crippen LogP contribution is 2.36. The van der Waals surface area contributed by atoms with Gasteiger partial charge in [0.2, 0.25) is 5.95 Å². The van der Waals surface area contributed by atoms with Crippen molar-refractivity contribution in [2.75, 3.05) is 11.9 Å². The average molecular weight is 344 g/mol. The highest BCUT2D eigenvalue weighted by molar-refractivity contribution is 6.42. The van der Waals surface area contributed by atoms with Crippen LogP contribution >= 0.6 is 23.2 Å². The van der Waals surface area contributed by atoms with Crippen molar-refractivity contribution in [1.29, 1.82) is 0 Å². The van der Waals surface area contributed by atoms with Crippen LogP contribution in [0.4, 0.5) is 5.95 Å². The van der Waals surface area contributed by atoms with Crippen LogP contribution in [0.15, 0.2) is 12.1 Å². The molecule has 3 rings (SSSR count). The van der Waals surface area contributed by atoms with E-state index in [1.807, 2.05) is 10.6 Å². The number of ether oxygens (including phenoxy) is 1. The number of benzene rings is 1. The van der Waals surface area contributed by atoms with E-state index in [1.165, 1.54) is 0 Å². The molecule has 1 aromatic carbocycles. The van der Waals surface area contributed by atoms with E-state index in [4.69, 9.17) is 27.9 Å². The van der Waals surface area contributed by atoms with Crippen molar-refractivity contribution in [3.63, 3.8) is 0 Å². The van der Waals surface area contributed by atoms with Gasteiger partial charge in [-0.05, 0) is 38.8 Å². The molecule has 22 heavy (non-hydrogen) atoms. The summed E-state index contributed by atoms with van der Waals surface area (Å²) in [5.74, 6) is 0.729. The van der Waals surface area contributed by atoms with Gasteiger partial charge in [0.05, 0.1) is 33.8 Å². The van der Waals surface area contributed by atoms with Crippen molar-refractivity contribution in [2.45, 2.75) is 45.1 Å². The molecular weight excluding hydrogens is 325 g/mol. The molecule has 2 heterocycles. The van der Waals surface area contributed by atoms with E-state index in [1.54, 1.807) is 6.07 Å². The molecule has 5 nitrogen and oxygen atoms in total. The molecule has 1 aromatic heterocycles. The van der Waals surface area contributed by atoms with Crippen molar-refractivity contribution in [1.82, 2.24) is 9.55 Å². The van der Waals surface area contributed by atoms with Crippen LogP contribution < -0.4 is 5.32 Å². The van der Waals surface area contributed by atoms with Crippen LogP contribution in [0.5, 0.6) is 0 Å². The van der Waals surface area contributed by atoms with Crippen LogP contribution in [0.25, 0.3) is 11.0 Å². The third-order valence-electron chi connectivity index (χ3n) is 3.73. The molecule has 0 amide bonds. The number of nitrogens with one attached hydrogen (secondary N) is 1. The summed E-state index contributed by atoms with van der Waals surface area (Å²) < 4.78 is 7.92. The molecule has 120 valence electrons. The zero-order valence-corrected chi connectivity index (χ0v) is 14.0. The molecule has 0 aliphatic carbocycles. The first kappa shape index (κ1) is 15.9. The molecule has 2 unspecified atom stereocenters. The Morgan fingerprint density at radius 1 is 1.36 bits per heavy atom. The molecule has 1 aliphatic rings. The second-order valence-electron chi connectivity index (χ2n) is 5.83. The van der Waals surface area contributed by atoms with Gasteiger partial charge in [-0.15, -0.1) is 0 Å². The maximum atomic E-state index is 9.29. The maximum Gasteiger partial charge on any atom is 0.206 e. The molecule has 0 radical (unpaired) electrons. The van der Waals surface area contributed by atoms with E-state index < -0.39 is 0 Å². The van der Waals surface area contributed by atoms with Gasteiger partial charge in [-0.2, -0.15) is 0 Å². The molecule has 2 atom stereocenters. The summed E-state index contributed by atoms with van der Waals surface area (Å²) in [6.45, 7) is 4.13. The van der Waals surface area contributed by atoms with E-state index in [0.717, 1.165) is 29.8 Å². The lowest BCUT2D eigenvalue weighted by Crippen LogP contribution is -2.19. The molecule has 2 N–H and O–H groups in total. The zero-order chi connectivity index (χ0) is 15.9. The normalized spacial score (nSPS) is 21.9. The molecule has 7 heteroatoms. The number of fused-ring (bicyclic) bond motifs is 1. The zero-order valence-electron chi connectivity index (χ0n) is 12.5. The van der Waals surface area contributed by atoms with Gasteiger partial charge in [0.25, 0.3) is 0 Å². The smallest absolute Gasteiger partial charge is 0.206 e. The van der Waals surface area contributed by atoms with Gasteiger partial charge in [-0.1, -0.05) is 23.2 Å². The van der Waals surface area contributed by atoms with Gasteiger partial charge < -0.3 is 15.2 Å². The lowest BCUT2D eigenvalue weighted by molar-refractivity contribution is -0.0195. The average Bonchev–Trinajstić information content (AvgIpc) is 3.03. The number of hydrogen-bond donors (Lipinski definition) is 2. The predicted molar refractivity (Wildman–Crippen MR) is 88.7 cm³/mol. The second-order valence-corrected chi connectivity index (χ2v) is 6.65. The quantitative estimate of drug-likeness (QED) is 0.885. The van der Waals surface area contributed by atoms with Crippen molar-refractivity contribution < 1.29 is 9.84 Å². The molecule has 0 bridgehead atoms. The van der Waals surface area contributed by atoms with Crippen molar-refractivity contribution in [2.24, 2.45) is 0 Å². The Labute approximate surface area is 139 Å². The number of hydrogen-bond acceptors (Lipinski definition) is 4. The van der Waals surface area contributed by atoms with Gasteiger partial charge in [0.15, 0.2) is 0 Å². The summed E-state index contributed by atoms with van der Waals surface area (Å²) in [4.78, 5) is 4.62. The lowest BCUT2D eigenvalue weighted by Gasteiger charge is -2.19. The molecule has 0 spiro atoms. The van der Waals surface area contributed by atoms with Crippen molar-refractivity contribution >= 4 is 40.2 Å². The van der Waals surface area contributed by atoms with Crippen molar-refractivity contribution in [3.05, 3.63) is 22.2 Å². The largest absolute Gasteiger partial charge is 0.394 e. The number of aromatic nitrogens is 2. The minimum absolute atomic E-state index is 0.0304. The highest BCUT2D eigenvalue weighted by atomic mass is 35.5. The predicted octanol–water partition coefficient (Wildman–Crippen LogP) is 3.83. The Balaban J connectivity index is 2.10. The molecule has 1 fully saturated rings. The summed E-state index contributed by atoms with van der Waals surface area (Å²) in [7, 11) is 0. The van der Waals surface area contributed by atoms with E-state index in [0.29, 0.717) is 10.0 Å². The Morgan fingerprint density at radius 2 is 2.09 bits per heavy atom. The highest BCUT2D eigenvalue weighted by Gasteiger charge is 2.29. The van der Waals surface area contributed by atoms with Crippen molar-refractivity contribution in [3.8, 4) is 0 Å². The first-order chi connectivity index (χ1) is 10.5. The summed E-state index contributed by atoms with van der Waals surface area (Å²) >= 11 is 12.3. The monoisotopic (exact) mass is 343 g/mol. The second kappa shape index (κ2) is 6.24. The van der Waals surface area contributed by atoms with Crippen LogP contribution in [0.3, 0.4) is 0 Å². The van der Waals surface area contributed by atoms with E-state index in [-0.39, 0.29) is 25.0 Å².